The van der Waals surface area contributed by atoms with Crippen molar-refractivity contribution in [1.29, 1.82) is 0 Å². The van der Waals surface area contributed by atoms with Gasteiger partial charge in [-0.1, -0.05) is 121 Å². The van der Waals surface area contributed by atoms with Gasteiger partial charge in [0.1, 0.15) is 0 Å². The van der Waals surface area contributed by atoms with Gasteiger partial charge in [0.2, 0.25) is 0 Å². The monoisotopic (exact) mass is 367 g/mol. The SMILES string of the molecule is c1ccc(CN=P(c2ccccc2)(c2ccccc2)c2ccccc2)cc1. The van der Waals surface area contributed by atoms with Crippen LogP contribution in [0.4, 0.5) is 0 Å². The normalized spacial score (nSPS) is 11.1. The van der Waals surface area contributed by atoms with E-state index in [4.69, 9.17) is 4.74 Å². The van der Waals surface area contributed by atoms with E-state index in [0.29, 0.717) is 6.54 Å². The molecule has 4 rings (SSSR count). The van der Waals surface area contributed by atoms with Crippen molar-refractivity contribution in [3.8, 4) is 0 Å². The van der Waals surface area contributed by atoms with Crippen LogP contribution >= 0.6 is 7.05 Å². The molecular formula is C25H22NP. The third-order valence-electron chi connectivity index (χ3n) is 4.70. The van der Waals surface area contributed by atoms with Gasteiger partial charge in [0.15, 0.2) is 0 Å². The summed E-state index contributed by atoms with van der Waals surface area (Å²) in [6.45, 7) is 0.702. The van der Waals surface area contributed by atoms with Gasteiger partial charge in [-0.05, 0) is 5.56 Å². The van der Waals surface area contributed by atoms with Crippen LogP contribution in [0, 0.1) is 0 Å². The summed E-state index contributed by atoms with van der Waals surface area (Å²) in [5.41, 5.74) is 1.24. The molecule has 0 saturated carbocycles. The fourth-order valence-corrected chi connectivity index (χ4v) is 6.97. The Hall–Kier alpha value is -2.89. The lowest BCUT2D eigenvalue weighted by Crippen LogP contribution is -2.25. The third-order valence-corrected chi connectivity index (χ3v) is 8.40. The van der Waals surface area contributed by atoms with Gasteiger partial charge in [0.05, 0.1) is 13.6 Å². The molecule has 0 bridgehead atoms. The van der Waals surface area contributed by atoms with E-state index in [-0.39, 0.29) is 0 Å². The van der Waals surface area contributed by atoms with Gasteiger partial charge in [-0.3, -0.25) is 4.74 Å². The molecule has 0 fully saturated rings. The van der Waals surface area contributed by atoms with Gasteiger partial charge in [-0.25, -0.2) is 0 Å². The minimum atomic E-state index is -2.09. The molecule has 0 aromatic heterocycles. The third kappa shape index (κ3) is 3.65. The Morgan fingerprint density at radius 3 is 1.15 bits per heavy atom. The van der Waals surface area contributed by atoms with Crippen molar-refractivity contribution >= 4 is 23.0 Å². The predicted octanol–water partition coefficient (Wildman–Crippen LogP) is 5.36. The van der Waals surface area contributed by atoms with Crippen LogP contribution < -0.4 is 15.9 Å². The van der Waals surface area contributed by atoms with E-state index in [1.807, 2.05) is 0 Å². The van der Waals surface area contributed by atoms with Crippen molar-refractivity contribution in [2.24, 2.45) is 4.74 Å². The largest absolute Gasteiger partial charge is 0.285 e. The van der Waals surface area contributed by atoms with Gasteiger partial charge in [0, 0.05) is 15.9 Å². The first-order valence-electron chi connectivity index (χ1n) is 9.18. The smallest absolute Gasteiger partial charge is 0.0636 e. The van der Waals surface area contributed by atoms with E-state index < -0.39 is 7.05 Å². The second kappa shape index (κ2) is 8.20. The topological polar surface area (TPSA) is 12.4 Å². The highest BCUT2D eigenvalue weighted by Gasteiger charge is 2.26. The quantitative estimate of drug-likeness (QED) is 0.421. The maximum Gasteiger partial charge on any atom is 0.0636 e. The minimum Gasteiger partial charge on any atom is -0.285 e. The second-order valence-electron chi connectivity index (χ2n) is 6.43. The van der Waals surface area contributed by atoms with E-state index in [1.165, 1.54) is 21.5 Å². The molecular weight excluding hydrogens is 345 g/mol. The molecule has 0 heterocycles. The fourth-order valence-electron chi connectivity index (χ4n) is 3.39. The van der Waals surface area contributed by atoms with E-state index in [0.717, 1.165) is 0 Å². The van der Waals surface area contributed by atoms with Crippen molar-refractivity contribution in [3.63, 3.8) is 0 Å². The molecule has 0 unspecified atom stereocenters. The Labute approximate surface area is 161 Å². The first-order valence-corrected chi connectivity index (χ1v) is 10.9. The Morgan fingerprint density at radius 1 is 0.444 bits per heavy atom. The first-order chi connectivity index (χ1) is 13.4. The molecule has 27 heavy (non-hydrogen) atoms. The zero-order valence-electron chi connectivity index (χ0n) is 15.1. The summed E-state index contributed by atoms with van der Waals surface area (Å²) >= 11 is 0. The second-order valence-corrected chi connectivity index (χ2v) is 9.53. The van der Waals surface area contributed by atoms with E-state index in [9.17, 15) is 0 Å². The van der Waals surface area contributed by atoms with E-state index in [2.05, 4.69) is 121 Å². The van der Waals surface area contributed by atoms with Crippen LogP contribution in [0.3, 0.4) is 0 Å². The molecule has 0 aliphatic heterocycles. The molecule has 0 radical (unpaired) electrons. The molecule has 0 spiro atoms. The predicted molar refractivity (Wildman–Crippen MR) is 118 cm³/mol. The van der Waals surface area contributed by atoms with Crippen LogP contribution in [0.15, 0.2) is 126 Å². The highest BCUT2D eigenvalue weighted by Crippen LogP contribution is 2.46. The summed E-state index contributed by atoms with van der Waals surface area (Å²) in [5.74, 6) is 0. The van der Waals surface area contributed by atoms with Crippen LogP contribution in [0.5, 0.6) is 0 Å². The zero-order valence-corrected chi connectivity index (χ0v) is 16.0. The molecule has 132 valence electrons. The summed E-state index contributed by atoms with van der Waals surface area (Å²) in [6, 6.07) is 42.8. The van der Waals surface area contributed by atoms with Crippen molar-refractivity contribution < 1.29 is 0 Å². The molecule has 0 atom stereocenters. The van der Waals surface area contributed by atoms with Gasteiger partial charge >= 0.3 is 0 Å². The highest BCUT2D eigenvalue weighted by atomic mass is 31.2. The van der Waals surface area contributed by atoms with Crippen LogP contribution in [0.2, 0.25) is 0 Å². The van der Waals surface area contributed by atoms with Crippen molar-refractivity contribution in [3.05, 3.63) is 127 Å². The molecule has 4 aromatic rings. The standard InChI is InChI=1S/C25H22NP/c1-5-13-22(14-6-1)21-26-27(23-15-7-2-8-16-23,24-17-9-3-10-18-24)25-19-11-4-12-20-25/h1-20H,21H2. The highest BCUT2D eigenvalue weighted by molar-refractivity contribution is 7.87. The van der Waals surface area contributed by atoms with Crippen LogP contribution in [0.1, 0.15) is 5.56 Å². The first kappa shape index (κ1) is 17.5. The summed E-state index contributed by atoms with van der Waals surface area (Å²) in [7, 11) is -2.09. The summed E-state index contributed by atoms with van der Waals surface area (Å²) in [4.78, 5) is 0. The van der Waals surface area contributed by atoms with Crippen molar-refractivity contribution in [1.82, 2.24) is 0 Å². The molecule has 2 heteroatoms. The summed E-state index contributed by atoms with van der Waals surface area (Å²) < 4.78 is 5.45. The average Bonchev–Trinajstić information content (AvgIpc) is 2.77. The lowest BCUT2D eigenvalue weighted by molar-refractivity contribution is 1.09. The van der Waals surface area contributed by atoms with Crippen LogP contribution in [-0.2, 0) is 6.54 Å². The summed E-state index contributed by atoms with van der Waals surface area (Å²) in [6.07, 6.45) is 0. The number of nitrogens with zero attached hydrogens (tertiary/aromatic N) is 1. The Bertz CT molecular complexity index is 923. The number of hydrogen-bond acceptors (Lipinski definition) is 1. The van der Waals surface area contributed by atoms with E-state index in [1.54, 1.807) is 0 Å². The van der Waals surface area contributed by atoms with Gasteiger partial charge in [0.25, 0.3) is 0 Å². The van der Waals surface area contributed by atoms with Gasteiger partial charge in [-0.15, -0.1) is 0 Å². The zero-order chi connectivity index (χ0) is 18.4. The maximum absolute atomic E-state index is 5.45. The van der Waals surface area contributed by atoms with Crippen molar-refractivity contribution in [2.45, 2.75) is 6.54 Å². The Morgan fingerprint density at radius 2 is 0.778 bits per heavy atom. The molecule has 0 amide bonds. The van der Waals surface area contributed by atoms with Gasteiger partial charge in [-0.2, -0.15) is 0 Å². The molecule has 0 aliphatic carbocycles. The molecule has 0 aliphatic rings. The molecule has 4 aromatic carbocycles. The number of hydrogen-bond donors (Lipinski definition) is 0. The van der Waals surface area contributed by atoms with Crippen LogP contribution in [0.25, 0.3) is 0 Å². The number of benzene rings is 4. The lowest BCUT2D eigenvalue weighted by atomic mass is 10.2. The molecule has 0 N–H and O–H groups in total. The van der Waals surface area contributed by atoms with Crippen LogP contribution in [-0.4, -0.2) is 0 Å². The average molecular weight is 367 g/mol. The lowest BCUT2D eigenvalue weighted by Gasteiger charge is -2.27. The minimum absolute atomic E-state index is 0.702. The number of rotatable bonds is 5. The summed E-state index contributed by atoms with van der Waals surface area (Å²) in [5, 5.41) is 3.87. The molecule has 1 nitrogen and oxygen atoms in total. The Kier molecular flexibility index (Phi) is 5.32. The maximum atomic E-state index is 5.45. The van der Waals surface area contributed by atoms with Gasteiger partial charge < -0.3 is 0 Å². The molecule has 0 saturated heterocycles. The van der Waals surface area contributed by atoms with E-state index >= 15 is 0 Å². The Balaban J connectivity index is 2.00. The van der Waals surface area contributed by atoms with Crippen molar-refractivity contribution in [2.75, 3.05) is 0 Å². The fraction of sp³-hybridized carbons (Fsp3) is 0.0400.